The van der Waals surface area contributed by atoms with Gasteiger partial charge in [-0.15, -0.1) is 0 Å². The van der Waals surface area contributed by atoms with E-state index in [4.69, 9.17) is 0 Å². The molecule has 0 aromatic heterocycles. The number of nitrogens with one attached hydrogen (secondary N) is 1. The van der Waals surface area contributed by atoms with Gasteiger partial charge in [-0.3, -0.25) is 0 Å². The van der Waals surface area contributed by atoms with E-state index in [2.05, 4.69) is 73.0 Å². The molecule has 2 unspecified atom stereocenters. The fraction of sp³-hybridized carbons (Fsp3) is 0.600. The highest BCUT2D eigenvalue weighted by Crippen LogP contribution is 2.26. The summed E-state index contributed by atoms with van der Waals surface area (Å²) in [6.45, 7) is 5.73. The third-order valence-corrected chi connectivity index (χ3v) is 6.12. The second kappa shape index (κ2) is 7.46. The first-order valence-corrected chi connectivity index (χ1v) is 8.95. The largest absolute Gasteiger partial charge is 0.309 e. The number of thioether (sulfide) groups is 2. The fourth-order valence-corrected chi connectivity index (χ4v) is 4.94. The summed E-state index contributed by atoms with van der Waals surface area (Å²) in [5, 5.41) is 4.56. The Bertz CT molecular complexity index is 334. The number of hydrogen-bond acceptors (Lipinski definition) is 3. The Morgan fingerprint density at radius 1 is 1.22 bits per heavy atom. The summed E-state index contributed by atoms with van der Waals surface area (Å²) < 4.78 is 0. The van der Waals surface area contributed by atoms with Crippen LogP contribution in [0.3, 0.4) is 0 Å². The van der Waals surface area contributed by atoms with Crippen LogP contribution < -0.4 is 5.32 Å². The summed E-state index contributed by atoms with van der Waals surface area (Å²) in [5.41, 5.74) is 1.42. The molecule has 0 radical (unpaired) electrons. The van der Waals surface area contributed by atoms with Crippen LogP contribution in [-0.4, -0.2) is 29.1 Å². The maximum atomic E-state index is 3.77. The lowest BCUT2D eigenvalue weighted by Gasteiger charge is -2.27. The van der Waals surface area contributed by atoms with Gasteiger partial charge in [-0.1, -0.05) is 44.2 Å². The summed E-state index contributed by atoms with van der Waals surface area (Å²) in [6.07, 6.45) is 0. The van der Waals surface area contributed by atoms with Crippen molar-refractivity contribution in [2.24, 2.45) is 5.92 Å². The molecule has 0 saturated carbocycles. The van der Waals surface area contributed by atoms with E-state index in [1.807, 2.05) is 0 Å². The molecule has 2 rings (SSSR count). The second-order valence-corrected chi connectivity index (χ2v) is 7.67. The first-order valence-electron chi connectivity index (χ1n) is 6.75. The summed E-state index contributed by atoms with van der Waals surface area (Å²) >= 11 is 4.23. The SMILES string of the molecule is CC(C)C(NCC1CSCCS1)c1ccccc1. The van der Waals surface area contributed by atoms with Crippen LogP contribution in [0.15, 0.2) is 30.3 Å². The molecule has 1 N–H and O–H groups in total. The van der Waals surface area contributed by atoms with Gasteiger partial charge in [0, 0.05) is 35.1 Å². The van der Waals surface area contributed by atoms with Gasteiger partial charge in [0.15, 0.2) is 0 Å². The van der Waals surface area contributed by atoms with Gasteiger partial charge in [0.1, 0.15) is 0 Å². The van der Waals surface area contributed by atoms with Gasteiger partial charge in [0.2, 0.25) is 0 Å². The molecule has 0 bridgehead atoms. The van der Waals surface area contributed by atoms with Crippen molar-refractivity contribution in [1.29, 1.82) is 0 Å². The van der Waals surface area contributed by atoms with Crippen LogP contribution in [0.5, 0.6) is 0 Å². The molecule has 1 aromatic carbocycles. The molecule has 1 aromatic rings. The fourth-order valence-electron chi connectivity index (χ4n) is 2.31. The molecule has 0 amide bonds. The standard InChI is InChI=1S/C15H23NS2/c1-12(2)15(13-6-4-3-5-7-13)16-10-14-11-17-8-9-18-14/h3-7,12,14-16H,8-11H2,1-2H3. The van der Waals surface area contributed by atoms with Crippen molar-refractivity contribution in [3.63, 3.8) is 0 Å². The number of rotatable bonds is 5. The van der Waals surface area contributed by atoms with E-state index < -0.39 is 0 Å². The summed E-state index contributed by atoms with van der Waals surface area (Å²) in [5.74, 6) is 4.58. The van der Waals surface area contributed by atoms with Gasteiger partial charge >= 0.3 is 0 Å². The monoisotopic (exact) mass is 281 g/mol. The summed E-state index contributed by atoms with van der Waals surface area (Å²) in [6, 6.07) is 11.3. The van der Waals surface area contributed by atoms with Crippen LogP contribution in [0, 0.1) is 5.92 Å². The van der Waals surface area contributed by atoms with Gasteiger partial charge in [-0.25, -0.2) is 0 Å². The lowest BCUT2D eigenvalue weighted by molar-refractivity contribution is 0.415. The van der Waals surface area contributed by atoms with Crippen LogP contribution in [0.25, 0.3) is 0 Å². The van der Waals surface area contributed by atoms with E-state index in [0.29, 0.717) is 12.0 Å². The Labute approximate surface area is 120 Å². The van der Waals surface area contributed by atoms with Crippen LogP contribution in [0.2, 0.25) is 0 Å². The minimum atomic E-state index is 0.485. The molecule has 0 aliphatic carbocycles. The lowest BCUT2D eigenvalue weighted by Crippen LogP contribution is -2.34. The highest BCUT2D eigenvalue weighted by molar-refractivity contribution is 8.06. The number of benzene rings is 1. The minimum Gasteiger partial charge on any atom is -0.309 e. The van der Waals surface area contributed by atoms with Gasteiger partial charge < -0.3 is 5.32 Å². The lowest BCUT2D eigenvalue weighted by atomic mass is 9.96. The van der Waals surface area contributed by atoms with Crippen molar-refractivity contribution in [2.75, 3.05) is 23.8 Å². The molecule has 0 spiro atoms. The van der Waals surface area contributed by atoms with Crippen molar-refractivity contribution in [1.82, 2.24) is 5.32 Å². The van der Waals surface area contributed by atoms with Crippen LogP contribution >= 0.6 is 23.5 Å². The molecule has 1 nitrogen and oxygen atoms in total. The predicted molar refractivity (Wildman–Crippen MR) is 85.6 cm³/mol. The van der Waals surface area contributed by atoms with Crippen molar-refractivity contribution in [3.05, 3.63) is 35.9 Å². The number of hydrogen-bond donors (Lipinski definition) is 1. The van der Waals surface area contributed by atoms with Crippen LogP contribution in [0.1, 0.15) is 25.5 Å². The topological polar surface area (TPSA) is 12.0 Å². The highest BCUT2D eigenvalue weighted by atomic mass is 32.2. The normalized spacial score (nSPS) is 22.1. The van der Waals surface area contributed by atoms with Crippen molar-refractivity contribution in [2.45, 2.75) is 25.1 Å². The smallest absolute Gasteiger partial charge is 0.0343 e. The zero-order valence-corrected chi connectivity index (χ0v) is 12.9. The second-order valence-electron chi connectivity index (χ2n) is 5.11. The van der Waals surface area contributed by atoms with E-state index in [9.17, 15) is 0 Å². The van der Waals surface area contributed by atoms with Gasteiger partial charge in [0.05, 0.1) is 0 Å². The minimum absolute atomic E-state index is 0.485. The third-order valence-electron chi connectivity index (χ3n) is 3.28. The molecular weight excluding hydrogens is 258 g/mol. The molecule has 1 saturated heterocycles. The first kappa shape index (κ1) is 14.3. The van der Waals surface area contributed by atoms with Crippen molar-refractivity contribution < 1.29 is 0 Å². The maximum Gasteiger partial charge on any atom is 0.0343 e. The van der Waals surface area contributed by atoms with Gasteiger partial charge in [0.25, 0.3) is 0 Å². The van der Waals surface area contributed by atoms with E-state index >= 15 is 0 Å². The van der Waals surface area contributed by atoms with E-state index in [-0.39, 0.29) is 0 Å². The third kappa shape index (κ3) is 4.22. The molecule has 18 heavy (non-hydrogen) atoms. The van der Waals surface area contributed by atoms with E-state index in [1.54, 1.807) is 0 Å². The Balaban J connectivity index is 1.90. The Kier molecular flexibility index (Phi) is 5.93. The zero-order chi connectivity index (χ0) is 12.8. The van der Waals surface area contributed by atoms with E-state index in [1.165, 1.54) is 22.8 Å². The van der Waals surface area contributed by atoms with Crippen molar-refractivity contribution in [3.8, 4) is 0 Å². The predicted octanol–water partition coefficient (Wildman–Crippen LogP) is 3.82. The van der Waals surface area contributed by atoms with Crippen LogP contribution in [0.4, 0.5) is 0 Å². The van der Waals surface area contributed by atoms with Crippen LogP contribution in [-0.2, 0) is 0 Å². The molecule has 3 heteroatoms. The molecule has 1 fully saturated rings. The first-order chi connectivity index (χ1) is 8.77. The Hall–Kier alpha value is -0.120. The molecular formula is C15H23NS2. The zero-order valence-electron chi connectivity index (χ0n) is 11.3. The molecule has 1 heterocycles. The van der Waals surface area contributed by atoms with Gasteiger partial charge in [-0.05, 0) is 11.5 Å². The average molecular weight is 281 g/mol. The Morgan fingerprint density at radius 3 is 2.61 bits per heavy atom. The molecule has 1 aliphatic heterocycles. The molecule has 100 valence electrons. The van der Waals surface area contributed by atoms with Crippen molar-refractivity contribution >= 4 is 23.5 Å². The summed E-state index contributed by atoms with van der Waals surface area (Å²) in [4.78, 5) is 0. The Morgan fingerprint density at radius 2 is 2.00 bits per heavy atom. The highest BCUT2D eigenvalue weighted by Gasteiger charge is 2.19. The maximum absolute atomic E-state index is 3.77. The molecule has 1 aliphatic rings. The van der Waals surface area contributed by atoms with Gasteiger partial charge in [-0.2, -0.15) is 23.5 Å². The summed E-state index contributed by atoms with van der Waals surface area (Å²) in [7, 11) is 0. The van der Waals surface area contributed by atoms with E-state index in [0.717, 1.165) is 11.8 Å². The molecule has 2 atom stereocenters. The average Bonchev–Trinajstić information content (AvgIpc) is 2.41. The quantitative estimate of drug-likeness (QED) is 0.881.